The zero-order valence-electron chi connectivity index (χ0n) is 6.49. The molecule has 1 aromatic heterocycles. The van der Waals surface area contributed by atoms with Crippen molar-refractivity contribution in [1.82, 2.24) is 9.36 Å². The summed E-state index contributed by atoms with van der Waals surface area (Å²) < 4.78 is 10.5. The zero-order chi connectivity index (χ0) is 8.39. The van der Waals surface area contributed by atoms with Crippen LogP contribution in [0.15, 0.2) is 3.92 Å². The van der Waals surface area contributed by atoms with E-state index in [-0.39, 0.29) is 0 Å². The number of rotatable bonds is 1. The molecule has 0 aromatic carbocycles. The van der Waals surface area contributed by atoms with Gasteiger partial charge in [-0.3, -0.25) is 0 Å². The smallest absolute Gasteiger partial charge is 0.179 e. The van der Waals surface area contributed by atoms with Gasteiger partial charge in [0.2, 0.25) is 0 Å². The first-order valence-corrected chi connectivity index (χ1v) is 5.50. The monoisotopic (exact) mass is 248 g/mol. The Bertz CT molecular complexity index is 260. The average Bonchev–Trinajstić information content (AvgIpc) is 2.54. The molecule has 0 saturated carbocycles. The van der Waals surface area contributed by atoms with Crippen LogP contribution in [0.4, 0.5) is 0 Å². The topological polar surface area (TPSA) is 35.0 Å². The third-order valence-electron chi connectivity index (χ3n) is 1.94. The lowest BCUT2D eigenvalue weighted by Crippen LogP contribution is -2.16. The summed E-state index contributed by atoms with van der Waals surface area (Å²) in [6.07, 6.45) is 2.28. The average molecular weight is 249 g/mol. The summed E-state index contributed by atoms with van der Waals surface area (Å²) in [5.74, 6) is 1.35. The van der Waals surface area contributed by atoms with Crippen molar-refractivity contribution in [3.05, 3.63) is 9.74 Å². The van der Waals surface area contributed by atoms with Crippen molar-refractivity contribution in [2.75, 3.05) is 13.2 Å². The van der Waals surface area contributed by atoms with Gasteiger partial charge in [-0.25, -0.2) is 4.98 Å². The lowest BCUT2D eigenvalue weighted by molar-refractivity contribution is 0.0783. The van der Waals surface area contributed by atoms with Crippen LogP contribution in [0.3, 0.4) is 0 Å². The minimum Gasteiger partial charge on any atom is -0.381 e. The lowest BCUT2D eigenvalue weighted by atomic mass is 10.0. The maximum atomic E-state index is 5.36. The normalized spacial score (nSPS) is 24.2. The van der Waals surface area contributed by atoms with Crippen molar-refractivity contribution >= 4 is 27.5 Å². The van der Waals surface area contributed by atoms with Gasteiger partial charge in [0.25, 0.3) is 0 Å². The van der Waals surface area contributed by atoms with E-state index in [1.807, 2.05) is 0 Å². The Balaban J connectivity index is 2.08. The molecule has 1 unspecified atom stereocenters. The number of hydrogen-bond acceptors (Lipinski definition) is 4. The summed E-state index contributed by atoms with van der Waals surface area (Å²) in [6.45, 7) is 1.67. The third-order valence-corrected chi connectivity index (χ3v) is 3.07. The first-order valence-electron chi connectivity index (χ1n) is 3.93. The van der Waals surface area contributed by atoms with Gasteiger partial charge < -0.3 is 4.74 Å². The second-order valence-electron chi connectivity index (χ2n) is 2.82. The van der Waals surface area contributed by atoms with E-state index in [1.165, 1.54) is 11.5 Å². The Labute approximate surface area is 83.5 Å². The van der Waals surface area contributed by atoms with Gasteiger partial charge in [-0.15, -0.1) is 0 Å². The summed E-state index contributed by atoms with van der Waals surface area (Å²) >= 11 is 4.70. The second kappa shape index (κ2) is 3.81. The lowest BCUT2D eigenvalue weighted by Gasteiger charge is -2.18. The van der Waals surface area contributed by atoms with Crippen LogP contribution in [0.1, 0.15) is 24.6 Å². The minimum absolute atomic E-state index is 0.418. The Kier molecular flexibility index (Phi) is 2.73. The summed E-state index contributed by atoms with van der Waals surface area (Å²) in [6, 6.07) is 0. The molecule has 0 bridgehead atoms. The molecule has 1 fully saturated rings. The molecule has 3 nitrogen and oxygen atoms in total. The van der Waals surface area contributed by atoms with Crippen molar-refractivity contribution in [3.8, 4) is 0 Å². The predicted octanol–water partition coefficient (Wildman–Crippen LogP) is 2.19. The summed E-state index contributed by atoms with van der Waals surface area (Å²) in [7, 11) is 0. The Hall–Kier alpha value is -0.0000000000000000555. The molecule has 0 aliphatic carbocycles. The van der Waals surface area contributed by atoms with Gasteiger partial charge in [0.1, 0.15) is 5.82 Å². The molecule has 0 amide bonds. The molecular weight excluding hydrogens is 240 g/mol. The highest BCUT2D eigenvalue weighted by atomic mass is 79.9. The largest absolute Gasteiger partial charge is 0.381 e. The fourth-order valence-corrected chi connectivity index (χ4v) is 2.22. The highest BCUT2D eigenvalue weighted by Gasteiger charge is 2.19. The van der Waals surface area contributed by atoms with Gasteiger partial charge in [0.15, 0.2) is 3.92 Å². The van der Waals surface area contributed by atoms with E-state index >= 15 is 0 Å². The number of aromatic nitrogens is 2. The maximum absolute atomic E-state index is 5.36. The van der Waals surface area contributed by atoms with Crippen molar-refractivity contribution in [3.63, 3.8) is 0 Å². The molecule has 0 spiro atoms. The number of halogens is 1. The molecule has 1 aliphatic heterocycles. The van der Waals surface area contributed by atoms with E-state index in [1.54, 1.807) is 0 Å². The molecule has 1 aromatic rings. The zero-order valence-corrected chi connectivity index (χ0v) is 8.90. The summed E-state index contributed by atoms with van der Waals surface area (Å²) in [4.78, 5) is 4.28. The van der Waals surface area contributed by atoms with E-state index in [4.69, 9.17) is 4.74 Å². The molecular formula is C7H9BrN2OS. The molecule has 0 N–H and O–H groups in total. The second-order valence-corrected chi connectivity index (χ2v) is 4.85. The minimum atomic E-state index is 0.418. The van der Waals surface area contributed by atoms with Crippen LogP contribution in [0.2, 0.25) is 0 Å². The fourth-order valence-electron chi connectivity index (χ4n) is 1.33. The first-order chi connectivity index (χ1) is 5.86. The molecule has 0 radical (unpaired) electrons. The highest BCUT2D eigenvalue weighted by molar-refractivity contribution is 9.11. The number of hydrogen-bond donors (Lipinski definition) is 0. The molecule has 1 aliphatic rings. The SMILES string of the molecule is Brc1nc(C2CCCOC2)ns1. The van der Waals surface area contributed by atoms with E-state index < -0.39 is 0 Å². The Morgan fingerprint density at radius 1 is 1.58 bits per heavy atom. The highest BCUT2D eigenvalue weighted by Crippen LogP contribution is 2.25. The summed E-state index contributed by atoms with van der Waals surface area (Å²) in [5.41, 5.74) is 0. The molecule has 12 heavy (non-hydrogen) atoms. The molecule has 1 atom stereocenters. The molecule has 5 heteroatoms. The standard InChI is InChI=1S/C7H9BrN2OS/c8-7-9-6(10-12-7)5-2-1-3-11-4-5/h5H,1-4H2. The van der Waals surface area contributed by atoms with Crippen LogP contribution in [0.25, 0.3) is 0 Å². The molecule has 66 valence electrons. The van der Waals surface area contributed by atoms with E-state index in [9.17, 15) is 0 Å². The van der Waals surface area contributed by atoms with Crippen LogP contribution < -0.4 is 0 Å². The number of nitrogens with zero attached hydrogens (tertiary/aromatic N) is 2. The van der Waals surface area contributed by atoms with Gasteiger partial charge in [0, 0.05) is 12.5 Å². The Morgan fingerprint density at radius 2 is 2.50 bits per heavy atom. The van der Waals surface area contributed by atoms with Crippen molar-refractivity contribution < 1.29 is 4.74 Å². The van der Waals surface area contributed by atoms with Crippen molar-refractivity contribution in [1.29, 1.82) is 0 Å². The predicted molar refractivity (Wildman–Crippen MR) is 50.4 cm³/mol. The van der Waals surface area contributed by atoms with Crippen LogP contribution in [0.5, 0.6) is 0 Å². The van der Waals surface area contributed by atoms with Gasteiger partial charge in [-0.05, 0) is 40.3 Å². The molecule has 1 saturated heterocycles. The Morgan fingerprint density at radius 3 is 3.08 bits per heavy atom. The van der Waals surface area contributed by atoms with Crippen LogP contribution >= 0.6 is 27.5 Å². The van der Waals surface area contributed by atoms with Crippen molar-refractivity contribution in [2.24, 2.45) is 0 Å². The number of ether oxygens (including phenoxy) is 1. The molecule has 2 rings (SSSR count). The van der Waals surface area contributed by atoms with Gasteiger partial charge in [-0.1, -0.05) is 0 Å². The molecule has 2 heterocycles. The van der Waals surface area contributed by atoms with Gasteiger partial charge in [-0.2, -0.15) is 4.37 Å². The van der Waals surface area contributed by atoms with Gasteiger partial charge in [0.05, 0.1) is 6.61 Å². The van der Waals surface area contributed by atoms with E-state index in [2.05, 4.69) is 25.3 Å². The van der Waals surface area contributed by atoms with E-state index in [0.29, 0.717) is 5.92 Å². The van der Waals surface area contributed by atoms with Crippen LogP contribution in [-0.2, 0) is 4.74 Å². The van der Waals surface area contributed by atoms with Crippen molar-refractivity contribution in [2.45, 2.75) is 18.8 Å². The summed E-state index contributed by atoms with van der Waals surface area (Å²) in [5, 5.41) is 0. The van der Waals surface area contributed by atoms with Crippen LogP contribution in [0, 0.1) is 0 Å². The van der Waals surface area contributed by atoms with E-state index in [0.717, 1.165) is 35.8 Å². The first kappa shape index (κ1) is 8.59. The fraction of sp³-hybridized carbons (Fsp3) is 0.714. The van der Waals surface area contributed by atoms with Crippen LogP contribution in [-0.4, -0.2) is 22.6 Å². The van der Waals surface area contributed by atoms with Gasteiger partial charge >= 0.3 is 0 Å². The maximum Gasteiger partial charge on any atom is 0.179 e. The third kappa shape index (κ3) is 1.84. The quantitative estimate of drug-likeness (QED) is 0.765.